The van der Waals surface area contributed by atoms with E-state index >= 15 is 0 Å². The highest BCUT2D eigenvalue weighted by atomic mass is 16.3. The van der Waals surface area contributed by atoms with Crippen LogP contribution in [-0.2, 0) is 4.79 Å². The quantitative estimate of drug-likeness (QED) is 0.885. The van der Waals surface area contributed by atoms with Gasteiger partial charge in [0.15, 0.2) is 0 Å². The smallest absolute Gasteiger partial charge is 0.244 e. The molecule has 24 heavy (non-hydrogen) atoms. The van der Waals surface area contributed by atoms with Crippen LogP contribution >= 0.6 is 0 Å². The topological polar surface area (TPSA) is 47.0 Å². The Hall–Kier alpha value is -1.43. The van der Waals surface area contributed by atoms with Crippen molar-refractivity contribution in [1.82, 2.24) is 14.7 Å². The minimum Gasteiger partial charge on any atom is -0.392 e. The zero-order chi connectivity index (χ0) is 16.9. The van der Waals surface area contributed by atoms with E-state index in [9.17, 15) is 9.90 Å². The number of likely N-dealkylation sites (tertiary alicyclic amines) is 1. The van der Waals surface area contributed by atoms with Gasteiger partial charge in [-0.1, -0.05) is 30.3 Å². The van der Waals surface area contributed by atoms with Gasteiger partial charge in [0.25, 0.3) is 0 Å². The Balaban J connectivity index is 1.68. The second-order valence-corrected chi connectivity index (χ2v) is 7.03. The number of hydrogen-bond acceptors (Lipinski definition) is 4. The van der Waals surface area contributed by atoms with Gasteiger partial charge in [-0.2, -0.15) is 0 Å². The Kier molecular flexibility index (Phi) is 5.87. The normalized spacial score (nSPS) is 22.5. The average molecular weight is 331 g/mol. The number of β-amino-alcohol motifs (C(OH)–C–C–N with tert-alkyl or cyclic N) is 1. The molecule has 2 heterocycles. The monoisotopic (exact) mass is 331 g/mol. The van der Waals surface area contributed by atoms with E-state index < -0.39 is 0 Å². The summed E-state index contributed by atoms with van der Waals surface area (Å²) in [5, 5.41) is 9.53. The maximum absolute atomic E-state index is 13.2. The van der Waals surface area contributed by atoms with E-state index in [1.54, 1.807) is 0 Å². The van der Waals surface area contributed by atoms with Gasteiger partial charge in [0.2, 0.25) is 5.91 Å². The molecule has 1 amide bonds. The number of benzene rings is 1. The van der Waals surface area contributed by atoms with E-state index in [0.29, 0.717) is 6.54 Å². The molecule has 0 aromatic heterocycles. The van der Waals surface area contributed by atoms with Gasteiger partial charge >= 0.3 is 0 Å². The van der Waals surface area contributed by atoms with Gasteiger partial charge in [-0.3, -0.25) is 14.6 Å². The highest BCUT2D eigenvalue weighted by Gasteiger charge is 2.34. The van der Waals surface area contributed by atoms with Crippen molar-refractivity contribution in [2.24, 2.45) is 0 Å². The first-order valence-corrected chi connectivity index (χ1v) is 9.13. The highest BCUT2D eigenvalue weighted by Crippen LogP contribution is 2.27. The number of carbonyl (C=O) groups is 1. The molecule has 0 spiro atoms. The molecule has 1 aromatic rings. The second kappa shape index (κ2) is 8.10. The number of rotatable bonds is 5. The van der Waals surface area contributed by atoms with Crippen molar-refractivity contribution in [3.05, 3.63) is 35.9 Å². The third kappa shape index (κ3) is 4.15. The van der Waals surface area contributed by atoms with Crippen LogP contribution in [0.2, 0.25) is 0 Å². The predicted molar refractivity (Wildman–Crippen MR) is 94.7 cm³/mol. The van der Waals surface area contributed by atoms with E-state index in [1.807, 2.05) is 30.0 Å². The molecule has 5 nitrogen and oxygen atoms in total. The maximum atomic E-state index is 13.2. The molecule has 0 bridgehead atoms. The van der Waals surface area contributed by atoms with Gasteiger partial charge in [0.1, 0.15) is 6.04 Å². The SMILES string of the molecule is C[C@@H](O)CN1CCN(C(=O)[C@H](c2ccccc2)N2CCCC2)CC1. The molecule has 0 saturated carbocycles. The van der Waals surface area contributed by atoms with Crippen LogP contribution in [0, 0.1) is 0 Å². The van der Waals surface area contributed by atoms with Crippen molar-refractivity contribution in [3.8, 4) is 0 Å². The van der Waals surface area contributed by atoms with Crippen molar-refractivity contribution in [1.29, 1.82) is 0 Å². The highest BCUT2D eigenvalue weighted by molar-refractivity contribution is 5.83. The molecule has 0 aliphatic carbocycles. The average Bonchev–Trinajstić information content (AvgIpc) is 3.10. The number of piperazine rings is 1. The lowest BCUT2D eigenvalue weighted by Crippen LogP contribution is -2.52. The minimum absolute atomic E-state index is 0.142. The van der Waals surface area contributed by atoms with E-state index in [0.717, 1.165) is 44.8 Å². The van der Waals surface area contributed by atoms with Gasteiger partial charge in [0, 0.05) is 32.7 Å². The standard InChI is InChI=1S/C19H29N3O2/c1-16(23)15-20-11-13-22(14-12-20)19(24)18(21-9-5-6-10-21)17-7-3-2-4-8-17/h2-4,7-8,16,18,23H,5-6,9-15H2,1H3/t16-,18+/m1/s1. The van der Waals surface area contributed by atoms with Gasteiger partial charge < -0.3 is 10.0 Å². The van der Waals surface area contributed by atoms with Crippen LogP contribution in [0.1, 0.15) is 31.4 Å². The molecular formula is C19H29N3O2. The molecule has 2 fully saturated rings. The summed E-state index contributed by atoms with van der Waals surface area (Å²) < 4.78 is 0. The fourth-order valence-corrected chi connectivity index (χ4v) is 3.84. The summed E-state index contributed by atoms with van der Waals surface area (Å²) in [5.74, 6) is 0.236. The van der Waals surface area contributed by atoms with Crippen LogP contribution in [0.5, 0.6) is 0 Å². The van der Waals surface area contributed by atoms with Crippen molar-refractivity contribution in [3.63, 3.8) is 0 Å². The van der Waals surface area contributed by atoms with Crippen LogP contribution in [0.15, 0.2) is 30.3 Å². The number of amides is 1. The molecule has 2 atom stereocenters. The zero-order valence-electron chi connectivity index (χ0n) is 14.6. The lowest BCUT2D eigenvalue weighted by Gasteiger charge is -2.38. The van der Waals surface area contributed by atoms with Crippen LogP contribution in [0.25, 0.3) is 0 Å². The largest absolute Gasteiger partial charge is 0.392 e. The molecule has 2 aliphatic heterocycles. The summed E-state index contributed by atoms with van der Waals surface area (Å²) in [6.07, 6.45) is 2.05. The van der Waals surface area contributed by atoms with Crippen molar-refractivity contribution >= 4 is 5.91 Å². The molecular weight excluding hydrogens is 302 g/mol. The second-order valence-electron chi connectivity index (χ2n) is 7.03. The number of aliphatic hydroxyl groups is 1. The van der Waals surface area contributed by atoms with Crippen molar-refractivity contribution in [2.75, 3.05) is 45.8 Å². The lowest BCUT2D eigenvalue weighted by atomic mass is 10.0. The molecule has 132 valence electrons. The summed E-state index contributed by atoms with van der Waals surface area (Å²) in [6.45, 7) is 7.72. The Morgan fingerprint density at radius 2 is 1.67 bits per heavy atom. The Bertz CT molecular complexity index is 521. The summed E-state index contributed by atoms with van der Waals surface area (Å²) in [6, 6.07) is 10.1. The number of hydrogen-bond donors (Lipinski definition) is 1. The maximum Gasteiger partial charge on any atom is 0.244 e. The van der Waals surface area contributed by atoms with Crippen molar-refractivity contribution in [2.45, 2.75) is 31.9 Å². The van der Waals surface area contributed by atoms with Crippen LogP contribution in [0.3, 0.4) is 0 Å². The molecule has 0 unspecified atom stereocenters. The molecule has 2 saturated heterocycles. The Morgan fingerprint density at radius 1 is 1.04 bits per heavy atom. The molecule has 1 N–H and O–H groups in total. The lowest BCUT2D eigenvalue weighted by molar-refractivity contribution is -0.138. The van der Waals surface area contributed by atoms with Gasteiger partial charge in [-0.25, -0.2) is 0 Å². The van der Waals surface area contributed by atoms with Gasteiger partial charge in [-0.05, 0) is 38.4 Å². The third-order valence-electron chi connectivity index (χ3n) is 5.06. The fourth-order valence-electron chi connectivity index (χ4n) is 3.84. The van der Waals surface area contributed by atoms with E-state index in [2.05, 4.69) is 21.9 Å². The summed E-state index contributed by atoms with van der Waals surface area (Å²) in [4.78, 5) is 19.8. The predicted octanol–water partition coefficient (Wildman–Crippen LogP) is 1.35. The van der Waals surface area contributed by atoms with Gasteiger partial charge in [-0.15, -0.1) is 0 Å². The van der Waals surface area contributed by atoms with Gasteiger partial charge in [0.05, 0.1) is 6.10 Å². The molecule has 0 radical (unpaired) electrons. The summed E-state index contributed by atoms with van der Waals surface area (Å²) >= 11 is 0. The first-order valence-electron chi connectivity index (χ1n) is 9.13. The van der Waals surface area contributed by atoms with Crippen LogP contribution in [0.4, 0.5) is 0 Å². The first kappa shape index (κ1) is 17.4. The summed E-state index contributed by atoms with van der Waals surface area (Å²) in [7, 11) is 0. The zero-order valence-corrected chi connectivity index (χ0v) is 14.6. The first-order chi connectivity index (χ1) is 11.6. The van der Waals surface area contributed by atoms with E-state index in [1.165, 1.54) is 12.8 Å². The Labute approximate surface area is 144 Å². The van der Waals surface area contributed by atoms with Crippen LogP contribution < -0.4 is 0 Å². The Morgan fingerprint density at radius 3 is 2.25 bits per heavy atom. The molecule has 5 heteroatoms. The number of carbonyl (C=O) groups excluding carboxylic acids is 1. The van der Waals surface area contributed by atoms with E-state index in [4.69, 9.17) is 0 Å². The number of nitrogens with zero attached hydrogens (tertiary/aromatic N) is 3. The third-order valence-corrected chi connectivity index (χ3v) is 5.06. The minimum atomic E-state index is -0.311. The van der Waals surface area contributed by atoms with E-state index in [-0.39, 0.29) is 18.1 Å². The van der Waals surface area contributed by atoms with Crippen LogP contribution in [-0.4, -0.2) is 77.6 Å². The molecule has 1 aromatic carbocycles. The summed E-state index contributed by atoms with van der Waals surface area (Å²) in [5.41, 5.74) is 1.11. The van der Waals surface area contributed by atoms with Crippen molar-refractivity contribution < 1.29 is 9.90 Å². The fraction of sp³-hybridized carbons (Fsp3) is 0.632. The number of aliphatic hydroxyl groups excluding tert-OH is 1. The molecule has 3 rings (SSSR count). The molecule has 2 aliphatic rings.